The zero-order chi connectivity index (χ0) is 20.6. The van der Waals surface area contributed by atoms with Crippen molar-refractivity contribution >= 4 is 68.2 Å². The Hall–Kier alpha value is -1.58. The van der Waals surface area contributed by atoms with Gasteiger partial charge in [-0.25, -0.2) is 9.97 Å². The average molecular weight is 452 g/mol. The lowest BCUT2D eigenvalue weighted by atomic mass is 10.1. The Morgan fingerprint density at radius 3 is 1.29 bits per heavy atom. The molecule has 0 amide bonds. The molecule has 0 aliphatic heterocycles. The fourth-order valence-electron chi connectivity index (χ4n) is 2.92. The highest BCUT2D eigenvalue weighted by atomic mass is 35.5. The van der Waals surface area contributed by atoms with Crippen LogP contribution in [-0.2, 0) is 0 Å². The average Bonchev–Trinajstić information content (AvgIpc) is 2.62. The third-order valence-corrected chi connectivity index (χ3v) is 5.86. The third kappa shape index (κ3) is 4.21. The smallest absolute Gasteiger partial charge is 0.131 e. The zero-order valence-electron chi connectivity index (χ0n) is 15.9. The summed E-state index contributed by atoms with van der Waals surface area (Å²) in [5.74, 6) is 0. The van der Waals surface area contributed by atoms with Gasteiger partial charge in [0.25, 0.3) is 0 Å². The summed E-state index contributed by atoms with van der Waals surface area (Å²) in [6.45, 7) is 8.14. The quantitative estimate of drug-likeness (QED) is 0.251. The van der Waals surface area contributed by atoms with Gasteiger partial charge in [0.15, 0.2) is 0 Å². The molecule has 0 radical (unpaired) electrons. The Balaban J connectivity index is 0.000000161. The maximum absolute atomic E-state index is 6.06. The number of benzene rings is 2. The molecule has 0 N–H and O–H groups in total. The highest BCUT2D eigenvalue weighted by Crippen LogP contribution is 2.29. The summed E-state index contributed by atoms with van der Waals surface area (Å²) in [6, 6.07) is 11.4. The summed E-state index contributed by atoms with van der Waals surface area (Å²) in [5, 5.41) is 4.11. The molecule has 0 saturated carbocycles. The topological polar surface area (TPSA) is 25.8 Å². The van der Waals surface area contributed by atoms with Crippen LogP contribution >= 0.6 is 46.4 Å². The number of hydrogen-bond donors (Lipinski definition) is 0. The van der Waals surface area contributed by atoms with Gasteiger partial charge in [-0.05, 0) is 62.1 Å². The molecule has 28 heavy (non-hydrogen) atoms. The van der Waals surface area contributed by atoms with Gasteiger partial charge < -0.3 is 0 Å². The van der Waals surface area contributed by atoms with Crippen LogP contribution in [0.25, 0.3) is 21.8 Å². The predicted octanol–water partition coefficient (Wildman–Crippen LogP) is 8.32. The molecule has 0 saturated heterocycles. The number of rotatable bonds is 0. The molecule has 0 spiro atoms. The van der Waals surface area contributed by atoms with Crippen molar-refractivity contribution in [3.05, 3.63) is 79.0 Å². The van der Waals surface area contributed by atoms with Crippen LogP contribution in [-0.4, -0.2) is 9.97 Å². The van der Waals surface area contributed by atoms with Crippen LogP contribution in [0.5, 0.6) is 0 Å². The van der Waals surface area contributed by atoms with E-state index in [1.54, 1.807) is 12.1 Å². The van der Waals surface area contributed by atoms with Crippen LogP contribution < -0.4 is 0 Å². The summed E-state index contributed by atoms with van der Waals surface area (Å²) < 4.78 is 0. The molecule has 2 nitrogen and oxygen atoms in total. The number of nitrogens with zero attached hydrogens (tertiary/aromatic N) is 2. The second-order valence-electron chi connectivity index (χ2n) is 6.66. The van der Waals surface area contributed by atoms with Crippen molar-refractivity contribution < 1.29 is 0 Å². The molecule has 6 heteroatoms. The summed E-state index contributed by atoms with van der Waals surface area (Å²) in [6.07, 6.45) is 0. The molecule has 0 fully saturated rings. The molecule has 2 heterocycles. The summed E-state index contributed by atoms with van der Waals surface area (Å²) >= 11 is 23.8. The van der Waals surface area contributed by atoms with E-state index in [4.69, 9.17) is 46.4 Å². The number of halogens is 4. The minimum absolute atomic E-state index is 0.441. The molecule has 144 valence electrons. The lowest BCUT2D eigenvalue weighted by Crippen LogP contribution is -1.88. The number of fused-ring (bicyclic) bond motifs is 2. The van der Waals surface area contributed by atoms with Crippen LogP contribution in [0, 0.1) is 27.7 Å². The molecule has 0 bridgehead atoms. The van der Waals surface area contributed by atoms with Gasteiger partial charge in [0.1, 0.15) is 10.3 Å². The van der Waals surface area contributed by atoms with Crippen LogP contribution in [0.4, 0.5) is 0 Å². The van der Waals surface area contributed by atoms with E-state index in [-0.39, 0.29) is 0 Å². The van der Waals surface area contributed by atoms with Crippen molar-refractivity contribution in [3.63, 3.8) is 0 Å². The van der Waals surface area contributed by atoms with Crippen LogP contribution in [0.15, 0.2) is 36.4 Å². The first kappa shape index (κ1) is 21.1. The van der Waals surface area contributed by atoms with Gasteiger partial charge in [0.05, 0.1) is 21.1 Å². The predicted molar refractivity (Wildman–Crippen MR) is 122 cm³/mol. The molecule has 4 rings (SSSR count). The molecule has 4 aromatic rings. The Kier molecular flexibility index (Phi) is 6.36. The third-order valence-electron chi connectivity index (χ3n) is 4.85. The Bertz CT molecular complexity index is 1110. The monoisotopic (exact) mass is 450 g/mol. The van der Waals surface area contributed by atoms with Gasteiger partial charge in [-0.3, -0.25) is 0 Å². The minimum Gasteiger partial charge on any atom is -0.236 e. The van der Waals surface area contributed by atoms with Crippen LogP contribution in [0.1, 0.15) is 22.3 Å². The first-order chi connectivity index (χ1) is 13.2. The first-order valence-corrected chi connectivity index (χ1v) is 10.1. The molecule has 0 atom stereocenters. The fraction of sp³-hybridized carbons (Fsp3) is 0.182. The summed E-state index contributed by atoms with van der Waals surface area (Å²) in [5.41, 5.74) is 6.44. The highest BCUT2D eigenvalue weighted by molar-refractivity contribution is 6.38. The fourth-order valence-corrected chi connectivity index (χ4v) is 3.93. The largest absolute Gasteiger partial charge is 0.236 e. The maximum Gasteiger partial charge on any atom is 0.131 e. The number of hydrogen-bond acceptors (Lipinski definition) is 2. The van der Waals surface area contributed by atoms with E-state index in [1.165, 1.54) is 11.1 Å². The molecule has 0 aliphatic carbocycles. The minimum atomic E-state index is 0.441. The number of pyridine rings is 2. The van der Waals surface area contributed by atoms with Crippen molar-refractivity contribution in [1.82, 2.24) is 9.97 Å². The van der Waals surface area contributed by atoms with Gasteiger partial charge in [0.2, 0.25) is 0 Å². The molecule has 0 aliphatic rings. The second-order valence-corrected chi connectivity index (χ2v) is 8.25. The van der Waals surface area contributed by atoms with Crippen LogP contribution in [0.3, 0.4) is 0 Å². The Morgan fingerprint density at radius 1 is 0.571 bits per heavy atom. The van der Waals surface area contributed by atoms with Crippen LogP contribution in [0.2, 0.25) is 20.4 Å². The second kappa shape index (κ2) is 8.42. The van der Waals surface area contributed by atoms with E-state index in [0.717, 1.165) is 32.9 Å². The van der Waals surface area contributed by atoms with E-state index in [1.807, 2.05) is 52.0 Å². The standard InChI is InChI=1S/2C11H9Cl2N/c2*1-6-3-4-8-9(12)5-10(13)14-11(8)7(6)2/h2*3-5H,1-2H3. The van der Waals surface area contributed by atoms with Gasteiger partial charge in [-0.2, -0.15) is 0 Å². The lowest BCUT2D eigenvalue weighted by molar-refractivity contribution is 1.31. The van der Waals surface area contributed by atoms with E-state index in [0.29, 0.717) is 20.4 Å². The van der Waals surface area contributed by atoms with E-state index in [2.05, 4.69) is 9.97 Å². The van der Waals surface area contributed by atoms with E-state index >= 15 is 0 Å². The van der Waals surface area contributed by atoms with Gasteiger partial charge >= 0.3 is 0 Å². The van der Waals surface area contributed by atoms with Crippen molar-refractivity contribution in [1.29, 1.82) is 0 Å². The molecule has 0 unspecified atom stereocenters. The highest BCUT2D eigenvalue weighted by Gasteiger charge is 2.07. The number of aromatic nitrogens is 2. The Morgan fingerprint density at radius 2 is 0.929 bits per heavy atom. The van der Waals surface area contributed by atoms with Crippen molar-refractivity contribution in [3.8, 4) is 0 Å². The molecule has 2 aromatic carbocycles. The zero-order valence-corrected chi connectivity index (χ0v) is 18.9. The molecular formula is C22H18Cl4N2. The van der Waals surface area contributed by atoms with Crippen molar-refractivity contribution in [2.75, 3.05) is 0 Å². The number of aryl methyl sites for hydroxylation is 4. The first-order valence-electron chi connectivity index (χ1n) is 8.63. The van der Waals surface area contributed by atoms with Gasteiger partial charge in [0, 0.05) is 10.8 Å². The SMILES string of the molecule is Cc1ccc2c(Cl)cc(Cl)nc2c1C.Cc1ccc2c(Cl)cc(Cl)nc2c1C. The van der Waals surface area contributed by atoms with Crippen molar-refractivity contribution in [2.24, 2.45) is 0 Å². The van der Waals surface area contributed by atoms with E-state index < -0.39 is 0 Å². The van der Waals surface area contributed by atoms with Gasteiger partial charge in [-0.1, -0.05) is 70.7 Å². The summed E-state index contributed by atoms with van der Waals surface area (Å²) in [4.78, 5) is 8.56. The molecule has 2 aromatic heterocycles. The molecular weight excluding hydrogens is 434 g/mol. The Labute approximate surface area is 184 Å². The normalized spacial score (nSPS) is 10.9. The lowest BCUT2D eigenvalue weighted by Gasteiger charge is -2.06. The summed E-state index contributed by atoms with van der Waals surface area (Å²) in [7, 11) is 0. The van der Waals surface area contributed by atoms with Gasteiger partial charge in [-0.15, -0.1) is 0 Å². The van der Waals surface area contributed by atoms with Crippen molar-refractivity contribution in [2.45, 2.75) is 27.7 Å². The maximum atomic E-state index is 6.06. The van der Waals surface area contributed by atoms with E-state index in [9.17, 15) is 0 Å².